The highest BCUT2D eigenvalue weighted by Gasteiger charge is 2.22. The lowest BCUT2D eigenvalue weighted by molar-refractivity contribution is 0.00458. The maximum Gasteiger partial charge on any atom is 0.137 e. The van der Waals surface area contributed by atoms with Gasteiger partial charge in [-0.2, -0.15) is 5.10 Å². The summed E-state index contributed by atoms with van der Waals surface area (Å²) in [6.07, 6.45) is 5.01. The fourth-order valence-corrected chi connectivity index (χ4v) is 3.01. The number of hydrogen-bond donors (Lipinski definition) is 1. The Morgan fingerprint density at radius 1 is 1.22 bits per heavy atom. The minimum atomic E-state index is -0.443. The van der Waals surface area contributed by atoms with Gasteiger partial charge in [-0.15, -0.1) is 0 Å². The number of ether oxygens (including phenoxy) is 1. The van der Waals surface area contributed by atoms with Crippen LogP contribution in [0.4, 0.5) is 0 Å². The fourth-order valence-electron chi connectivity index (χ4n) is 3.01. The lowest BCUT2D eigenvalue weighted by atomic mass is 10.1. The lowest BCUT2D eigenvalue weighted by Crippen LogP contribution is -2.40. The molecule has 23 heavy (non-hydrogen) atoms. The van der Waals surface area contributed by atoms with Crippen molar-refractivity contribution in [3.8, 4) is 0 Å². The summed E-state index contributed by atoms with van der Waals surface area (Å²) in [7, 11) is 0. The minimum Gasteiger partial charge on any atom is -0.389 e. The maximum atomic E-state index is 10.1. The average Bonchev–Trinajstić information content (AvgIpc) is 3.11. The Labute approximate surface area is 136 Å². The monoisotopic (exact) mass is 316 g/mol. The van der Waals surface area contributed by atoms with E-state index in [0.717, 1.165) is 31.5 Å². The van der Waals surface area contributed by atoms with Crippen LogP contribution in [0.15, 0.2) is 43.0 Å². The van der Waals surface area contributed by atoms with Gasteiger partial charge in [-0.1, -0.05) is 30.3 Å². The van der Waals surface area contributed by atoms with Gasteiger partial charge in [-0.3, -0.25) is 0 Å². The zero-order chi connectivity index (χ0) is 15.9. The molecule has 0 aliphatic carbocycles. The molecule has 0 radical (unpaired) electrons. The highest BCUT2D eigenvalue weighted by Crippen LogP contribution is 2.21. The SMILES string of the molecule is OC(COCc1ccccc1)CN1CCC(n2cncn2)CC1. The summed E-state index contributed by atoms with van der Waals surface area (Å²) in [6.45, 7) is 3.53. The number of likely N-dealkylation sites (tertiary alicyclic amines) is 1. The highest BCUT2D eigenvalue weighted by molar-refractivity contribution is 5.13. The third-order valence-corrected chi connectivity index (χ3v) is 4.26. The van der Waals surface area contributed by atoms with Crippen LogP contribution in [-0.2, 0) is 11.3 Å². The molecule has 2 heterocycles. The summed E-state index contributed by atoms with van der Waals surface area (Å²) in [6, 6.07) is 10.5. The van der Waals surface area contributed by atoms with Gasteiger partial charge in [0.2, 0.25) is 0 Å². The van der Waals surface area contributed by atoms with Crippen molar-refractivity contribution < 1.29 is 9.84 Å². The number of β-amino-alcohol motifs (C(OH)–C–C–N with tert-alkyl or cyclic N) is 1. The molecule has 0 saturated carbocycles. The Hall–Kier alpha value is -1.76. The molecule has 1 fully saturated rings. The molecule has 1 N–H and O–H groups in total. The second kappa shape index (κ2) is 8.19. The standard InChI is InChI=1S/C17H24N4O2/c22-17(12-23-11-15-4-2-1-3-5-15)10-20-8-6-16(7-9-20)21-14-18-13-19-21/h1-5,13-14,16-17,22H,6-12H2. The van der Waals surface area contributed by atoms with Gasteiger partial charge in [0.1, 0.15) is 12.7 Å². The van der Waals surface area contributed by atoms with Crippen molar-refractivity contribution in [3.63, 3.8) is 0 Å². The summed E-state index contributed by atoms with van der Waals surface area (Å²) in [4.78, 5) is 6.30. The first-order valence-corrected chi connectivity index (χ1v) is 8.17. The van der Waals surface area contributed by atoms with Gasteiger partial charge in [-0.05, 0) is 18.4 Å². The molecule has 0 bridgehead atoms. The summed E-state index contributed by atoms with van der Waals surface area (Å²) >= 11 is 0. The van der Waals surface area contributed by atoms with Crippen molar-refractivity contribution in [3.05, 3.63) is 48.5 Å². The van der Waals surface area contributed by atoms with Gasteiger partial charge in [-0.25, -0.2) is 9.67 Å². The predicted octanol–water partition coefficient (Wildman–Crippen LogP) is 1.49. The van der Waals surface area contributed by atoms with E-state index in [1.54, 1.807) is 12.7 Å². The van der Waals surface area contributed by atoms with Crippen LogP contribution in [0.3, 0.4) is 0 Å². The van der Waals surface area contributed by atoms with E-state index in [1.807, 2.05) is 35.0 Å². The molecule has 1 aliphatic rings. The maximum absolute atomic E-state index is 10.1. The van der Waals surface area contributed by atoms with Crippen molar-refractivity contribution in [1.82, 2.24) is 19.7 Å². The van der Waals surface area contributed by atoms with Crippen LogP contribution in [-0.4, -0.2) is 57.1 Å². The quantitative estimate of drug-likeness (QED) is 0.838. The summed E-state index contributed by atoms with van der Waals surface area (Å²) < 4.78 is 7.55. The number of nitrogens with zero attached hydrogens (tertiary/aromatic N) is 4. The molecule has 6 heteroatoms. The van der Waals surface area contributed by atoms with E-state index in [1.165, 1.54) is 0 Å². The third kappa shape index (κ3) is 4.86. The minimum absolute atomic E-state index is 0.373. The number of aliphatic hydroxyl groups is 1. The molecule has 1 unspecified atom stereocenters. The number of piperidine rings is 1. The van der Waals surface area contributed by atoms with E-state index < -0.39 is 6.10 Å². The van der Waals surface area contributed by atoms with E-state index in [9.17, 15) is 5.11 Å². The molecule has 1 aliphatic heterocycles. The van der Waals surface area contributed by atoms with Gasteiger partial charge < -0.3 is 14.7 Å². The zero-order valence-corrected chi connectivity index (χ0v) is 13.3. The molecule has 1 aromatic carbocycles. The van der Waals surface area contributed by atoms with Crippen molar-refractivity contribution >= 4 is 0 Å². The molecule has 1 atom stereocenters. The molecule has 1 saturated heterocycles. The summed E-state index contributed by atoms with van der Waals surface area (Å²) in [5.41, 5.74) is 1.13. The molecule has 2 aromatic rings. The first-order chi connectivity index (χ1) is 11.3. The molecule has 6 nitrogen and oxygen atoms in total. The molecule has 3 rings (SSSR count). The largest absolute Gasteiger partial charge is 0.389 e. The van der Waals surface area contributed by atoms with Crippen LogP contribution in [0.1, 0.15) is 24.4 Å². The molecule has 0 spiro atoms. The number of rotatable bonds is 7. The smallest absolute Gasteiger partial charge is 0.137 e. The second-order valence-corrected chi connectivity index (χ2v) is 6.06. The average molecular weight is 316 g/mol. The molecular weight excluding hydrogens is 292 g/mol. The summed E-state index contributed by atoms with van der Waals surface area (Å²) in [5.74, 6) is 0. The Balaban J connectivity index is 1.34. The van der Waals surface area contributed by atoms with Crippen LogP contribution < -0.4 is 0 Å². The van der Waals surface area contributed by atoms with Gasteiger partial charge in [0.05, 0.1) is 25.4 Å². The molecule has 124 valence electrons. The van der Waals surface area contributed by atoms with Gasteiger partial charge in [0, 0.05) is 19.6 Å². The number of aromatic nitrogens is 3. The third-order valence-electron chi connectivity index (χ3n) is 4.26. The van der Waals surface area contributed by atoms with E-state index in [4.69, 9.17) is 4.74 Å². The van der Waals surface area contributed by atoms with Crippen molar-refractivity contribution in [2.24, 2.45) is 0 Å². The van der Waals surface area contributed by atoms with Crippen molar-refractivity contribution in [2.75, 3.05) is 26.2 Å². The van der Waals surface area contributed by atoms with Crippen LogP contribution in [0.25, 0.3) is 0 Å². The first-order valence-electron chi connectivity index (χ1n) is 8.17. The van der Waals surface area contributed by atoms with Crippen molar-refractivity contribution in [1.29, 1.82) is 0 Å². The Bertz CT molecular complexity index is 553. The van der Waals surface area contributed by atoms with E-state index in [2.05, 4.69) is 15.0 Å². The van der Waals surface area contributed by atoms with Gasteiger partial charge in [0.15, 0.2) is 0 Å². The van der Waals surface area contributed by atoms with Gasteiger partial charge in [0.25, 0.3) is 0 Å². The Kier molecular flexibility index (Phi) is 5.74. The fraction of sp³-hybridized carbons (Fsp3) is 0.529. The van der Waals surface area contributed by atoms with E-state index >= 15 is 0 Å². The summed E-state index contributed by atoms with van der Waals surface area (Å²) in [5, 5.41) is 14.3. The van der Waals surface area contributed by atoms with Crippen molar-refractivity contribution in [2.45, 2.75) is 31.6 Å². The normalized spacial score (nSPS) is 18.1. The van der Waals surface area contributed by atoms with Crippen LogP contribution >= 0.6 is 0 Å². The zero-order valence-electron chi connectivity index (χ0n) is 13.3. The predicted molar refractivity (Wildman–Crippen MR) is 86.8 cm³/mol. The van der Waals surface area contributed by atoms with E-state index in [-0.39, 0.29) is 0 Å². The second-order valence-electron chi connectivity index (χ2n) is 6.06. The van der Waals surface area contributed by atoms with Crippen LogP contribution in [0.5, 0.6) is 0 Å². The number of hydrogen-bond acceptors (Lipinski definition) is 5. The van der Waals surface area contributed by atoms with Gasteiger partial charge >= 0.3 is 0 Å². The highest BCUT2D eigenvalue weighted by atomic mass is 16.5. The Morgan fingerprint density at radius 3 is 2.70 bits per heavy atom. The van der Waals surface area contributed by atoms with Crippen LogP contribution in [0.2, 0.25) is 0 Å². The topological polar surface area (TPSA) is 63.4 Å². The van der Waals surface area contributed by atoms with Crippen LogP contribution in [0, 0.1) is 0 Å². The molecule has 0 amide bonds. The Morgan fingerprint density at radius 2 is 2.00 bits per heavy atom. The molecule has 1 aromatic heterocycles. The first kappa shape index (κ1) is 16.1. The molecular formula is C17H24N4O2. The lowest BCUT2D eigenvalue weighted by Gasteiger charge is -2.32. The number of aliphatic hydroxyl groups excluding tert-OH is 1. The van der Waals surface area contributed by atoms with E-state index in [0.29, 0.717) is 25.8 Å². The number of benzene rings is 1.